The smallest absolute Gasteiger partial charge is 0.146 e. The fourth-order valence-corrected chi connectivity index (χ4v) is 3.53. The molecule has 0 aromatic heterocycles. The highest BCUT2D eigenvalue weighted by Gasteiger charge is 2.25. The summed E-state index contributed by atoms with van der Waals surface area (Å²) in [4.78, 5) is 0. The predicted octanol–water partition coefficient (Wildman–Crippen LogP) is 3.85. The van der Waals surface area contributed by atoms with Crippen molar-refractivity contribution in [2.45, 2.75) is 37.1 Å². The molecule has 2 unspecified atom stereocenters. The summed E-state index contributed by atoms with van der Waals surface area (Å²) in [6.07, 6.45) is 5.86. The van der Waals surface area contributed by atoms with Gasteiger partial charge in [-0.3, -0.25) is 0 Å². The van der Waals surface area contributed by atoms with Crippen molar-refractivity contribution in [1.82, 2.24) is 5.32 Å². The molecule has 4 heteroatoms. The van der Waals surface area contributed by atoms with Crippen molar-refractivity contribution in [3.05, 3.63) is 34.6 Å². The number of thioether (sulfide) groups is 1. The average molecular weight is 274 g/mol. The Labute approximate surface area is 111 Å². The number of rotatable bonds is 4. The molecule has 1 aliphatic carbocycles. The molecule has 0 saturated heterocycles. The van der Waals surface area contributed by atoms with E-state index in [-0.39, 0.29) is 10.8 Å². The molecule has 94 valence electrons. The van der Waals surface area contributed by atoms with Crippen molar-refractivity contribution in [2.75, 3.05) is 6.26 Å². The Balaban J connectivity index is 1.95. The summed E-state index contributed by atoms with van der Waals surface area (Å²) in [6.45, 7) is 0.564. The third kappa shape index (κ3) is 3.15. The lowest BCUT2D eigenvalue weighted by Crippen LogP contribution is -2.33. The average Bonchev–Trinajstić information content (AvgIpc) is 2.78. The molecule has 2 rings (SSSR count). The van der Waals surface area contributed by atoms with Crippen molar-refractivity contribution < 1.29 is 4.39 Å². The summed E-state index contributed by atoms with van der Waals surface area (Å²) < 4.78 is 13.7. The zero-order chi connectivity index (χ0) is 12.3. The number of hydrogen-bond acceptors (Lipinski definition) is 2. The van der Waals surface area contributed by atoms with E-state index in [1.54, 1.807) is 18.2 Å². The van der Waals surface area contributed by atoms with Gasteiger partial charge in [-0.25, -0.2) is 4.39 Å². The van der Waals surface area contributed by atoms with Crippen LogP contribution in [0.2, 0.25) is 5.02 Å². The minimum Gasteiger partial charge on any atom is -0.309 e. The first-order valence-corrected chi connectivity index (χ1v) is 7.58. The van der Waals surface area contributed by atoms with Gasteiger partial charge in [0.1, 0.15) is 5.82 Å². The molecule has 0 aliphatic heterocycles. The normalized spacial score (nSPS) is 24.2. The summed E-state index contributed by atoms with van der Waals surface area (Å²) in [5.41, 5.74) is 0.657. The number of halogens is 2. The quantitative estimate of drug-likeness (QED) is 0.894. The van der Waals surface area contributed by atoms with Crippen molar-refractivity contribution in [3.8, 4) is 0 Å². The molecular formula is C13H17ClFNS. The largest absolute Gasteiger partial charge is 0.309 e. The molecule has 17 heavy (non-hydrogen) atoms. The zero-order valence-electron chi connectivity index (χ0n) is 9.88. The van der Waals surface area contributed by atoms with Gasteiger partial charge in [0, 0.05) is 23.4 Å². The lowest BCUT2D eigenvalue weighted by molar-refractivity contribution is 0.515. The SMILES string of the molecule is CSC1CCCC1NCc1cccc(Cl)c1F. The van der Waals surface area contributed by atoms with Gasteiger partial charge in [0.2, 0.25) is 0 Å². The fourth-order valence-electron chi connectivity index (χ4n) is 2.37. The summed E-state index contributed by atoms with van der Waals surface area (Å²) in [5.74, 6) is -0.291. The lowest BCUT2D eigenvalue weighted by Gasteiger charge is -2.19. The Morgan fingerprint density at radius 2 is 2.29 bits per heavy atom. The van der Waals surface area contributed by atoms with Gasteiger partial charge in [0.15, 0.2) is 0 Å². The molecule has 0 spiro atoms. The minimum atomic E-state index is -0.291. The Morgan fingerprint density at radius 1 is 1.47 bits per heavy atom. The second kappa shape index (κ2) is 6.07. The van der Waals surface area contributed by atoms with Gasteiger partial charge in [-0.05, 0) is 25.2 Å². The Morgan fingerprint density at radius 3 is 3.06 bits per heavy atom. The number of benzene rings is 1. The van der Waals surface area contributed by atoms with E-state index in [1.165, 1.54) is 19.3 Å². The molecule has 1 N–H and O–H groups in total. The highest BCUT2D eigenvalue weighted by atomic mass is 35.5. The van der Waals surface area contributed by atoms with Crippen LogP contribution in [0.1, 0.15) is 24.8 Å². The van der Waals surface area contributed by atoms with Crippen LogP contribution in [0.4, 0.5) is 4.39 Å². The van der Waals surface area contributed by atoms with Crippen LogP contribution in [0.3, 0.4) is 0 Å². The third-order valence-electron chi connectivity index (χ3n) is 3.34. The minimum absolute atomic E-state index is 0.206. The highest BCUT2D eigenvalue weighted by molar-refractivity contribution is 7.99. The van der Waals surface area contributed by atoms with Crippen LogP contribution in [-0.2, 0) is 6.54 Å². The van der Waals surface area contributed by atoms with E-state index < -0.39 is 0 Å². The van der Waals surface area contributed by atoms with Gasteiger partial charge in [0.25, 0.3) is 0 Å². The molecule has 0 amide bonds. The number of nitrogens with one attached hydrogen (secondary N) is 1. The fraction of sp³-hybridized carbons (Fsp3) is 0.538. The molecule has 1 nitrogen and oxygen atoms in total. The van der Waals surface area contributed by atoms with Crippen LogP contribution < -0.4 is 5.32 Å². The molecule has 1 fully saturated rings. The number of hydrogen-bond donors (Lipinski definition) is 1. The molecule has 0 heterocycles. The van der Waals surface area contributed by atoms with Crippen LogP contribution in [0.15, 0.2) is 18.2 Å². The Hall–Kier alpha value is -0.250. The standard InChI is InChI=1S/C13H17ClFNS/c1-17-12-7-3-6-11(12)16-8-9-4-2-5-10(14)13(9)15/h2,4-5,11-12,16H,3,6-8H2,1H3. The second-order valence-corrected chi connectivity index (χ2v) is 5.89. The van der Waals surface area contributed by atoms with Gasteiger partial charge < -0.3 is 5.32 Å². The summed E-state index contributed by atoms with van der Waals surface area (Å²) >= 11 is 7.66. The molecule has 1 aromatic carbocycles. The van der Waals surface area contributed by atoms with Gasteiger partial charge in [-0.15, -0.1) is 0 Å². The van der Waals surface area contributed by atoms with E-state index in [0.29, 0.717) is 23.4 Å². The molecule has 0 radical (unpaired) electrons. The van der Waals surface area contributed by atoms with Crippen molar-refractivity contribution >= 4 is 23.4 Å². The molecule has 1 aromatic rings. The maximum atomic E-state index is 13.7. The van der Waals surface area contributed by atoms with E-state index in [9.17, 15) is 4.39 Å². The zero-order valence-corrected chi connectivity index (χ0v) is 11.5. The third-order valence-corrected chi connectivity index (χ3v) is 4.80. The first-order chi connectivity index (χ1) is 8.22. The Bertz CT molecular complexity index is 386. The van der Waals surface area contributed by atoms with Crippen LogP contribution >= 0.6 is 23.4 Å². The summed E-state index contributed by atoms with van der Waals surface area (Å²) in [7, 11) is 0. The van der Waals surface area contributed by atoms with Crippen molar-refractivity contribution in [2.24, 2.45) is 0 Å². The van der Waals surface area contributed by atoms with Crippen LogP contribution in [0.25, 0.3) is 0 Å². The highest BCUT2D eigenvalue weighted by Crippen LogP contribution is 2.28. The van der Waals surface area contributed by atoms with Crippen LogP contribution in [0, 0.1) is 5.82 Å². The van der Waals surface area contributed by atoms with E-state index in [2.05, 4.69) is 11.6 Å². The van der Waals surface area contributed by atoms with Crippen LogP contribution in [0.5, 0.6) is 0 Å². The first kappa shape index (κ1) is 13.2. The molecule has 1 aliphatic rings. The molecule has 1 saturated carbocycles. The van der Waals surface area contributed by atoms with Crippen LogP contribution in [-0.4, -0.2) is 17.5 Å². The van der Waals surface area contributed by atoms with Crippen molar-refractivity contribution in [3.63, 3.8) is 0 Å². The summed E-state index contributed by atoms with van der Waals surface area (Å²) in [5, 5.41) is 4.32. The Kier molecular flexibility index (Phi) is 4.71. The van der Waals surface area contributed by atoms with E-state index in [0.717, 1.165) is 0 Å². The molecular weight excluding hydrogens is 257 g/mol. The van der Waals surface area contributed by atoms with E-state index >= 15 is 0 Å². The van der Waals surface area contributed by atoms with Gasteiger partial charge in [-0.1, -0.05) is 30.2 Å². The van der Waals surface area contributed by atoms with Gasteiger partial charge in [0.05, 0.1) is 5.02 Å². The van der Waals surface area contributed by atoms with E-state index in [4.69, 9.17) is 11.6 Å². The van der Waals surface area contributed by atoms with Crippen molar-refractivity contribution in [1.29, 1.82) is 0 Å². The second-order valence-electron chi connectivity index (χ2n) is 4.41. The van der Waals surface area contributed by atoms with Gasteiger partial charge >= 0.3 is 0 Å². The monoisotopic (exact) mass is 273 g/mol. The molecule has 0 bridgehead atoms. The molecule has 2 atom stereocenters. The van der Waals surface area contributed by atoms with Gasteiger partial charge in [-0.2, -0.15) is 11.8 Å². The topological polar surface area (TPSA) is 12.0 Å². The van der Waals surface area contributed by atoms with E-state index in [1.807, 2.05) is 11.8 Å². The maximum absolute atomic E-state index is 13.7. The predicted molar refractivity (Wildman–Crippen MR) is 73.2 cm³/mol. The summed E-state index contributed by atoms with van der Waals surface area (Å²) in [6, 6.07) is 5.67. The maximum Gasteiger partial charge on any atom is 0.146 e. The lowest BCUT2D eigenvalue weighted by atomic mass is 10.2. The first-order valence-electron chi connectivity index (χ1n) is 5.91.